The molecule has 0 saturated carbocycles. The topological polar surface area (TPSA) is 49.6 Å². The number of aromatic nitrogens is 1. The third-order valence-electron chi connectivity index (χ3n) is 6.02. The van der Waals surface area contributed by atoms with Crippen molar-refractivity contribution in [2.75, 3.05) is 32.7 Å². The van der Waals surface area contributed by atoms with Gasteiger partial charge in [0.05, 0.1) is 18.7 Å². The number of carbonyl (C=O) groups is 1. The molecular formula is C23H30FN3O2. The highest BCUT2D eigenvalue weighted by atomic mass is 19.1. The second-order valence-electron chi connectivity index (χ2n) is 8.34. The molecule has 1 aromatic carbocycles. The highest BCUT2D eigenvalue weighted by molar-refractivity contribution is 5.78. The van der Waals surface area contributed by atoms with Crippen molar-refractivity contribution >= 4 is 5.91 Å². The van der Waals surface area contributed by atoms with E-state index >= 15 is 0 Å². The van der Waals surface area contributed by atoms with Crippen molar-refractivity contribution in [1.82, 2.24) is 14.8 Å². The number of oxazole rings is 1. The SMILES string of the molecule is O=C(CN1CCCCCC1)N1CCC[C@@H](c2ncc(Cc3cccc(F)c3)o2)C1. The van der Waals surface area contributed by atoms with Crippen molar-refractivity contribution in [3.63, 3.8) is 0 Å². The summed E-state index contributed by atoms with van der Waals surface area (Å²) in [4.78, 5) is 21.6. The molecular weight excluding hydrogens is 369 g/mol. The maximum Gasteiger partial charge on any atom is 0.236 e. The molecule has 0 radical (unpaired) electrons. The molecule has 2 aliphatic rings. The number of nitrogens with zero attached hydrogens (tertiary/aromatic N) is 3. The molecule has 5 nitrogen and oxygen atoms in total. The van der Waals surface area contributed by atoms with E-state index < -0.39 is 0 Å². The Morgan fingerprint density at radius 2 is 1.97 bits per heavy atom. The van der Waals surface area contributed by atoms with Gasteiger partial charge in [-0.05, 0) is 56.5 Å². The van der Waals surface area contributed by atoms with Crippen molar-refractivity contribution in [3.05, 3.63) is 53.5 Å². The highest BCUT2D eigenvalue weighted by Gasteiger charge is 2.28. The van der Waals surface area contributed by atoms with Crippen LogP contribution in [0.4, 0.5) is 4.39 Å². The Labute approximate surface area is 171 Å². The fourth-order valence-electron chi connectivity index (χ4n) is 4.43. The fourth-order valence-corrected chi connectivity index (χ4v) is 4.43. The first kappa shape index (κ1) is 20.1. The van der Waals surface area contributed by atoms with Crippen molar-refractivity contribution in [2.45, 2.75) is 50.9 Å². The molecule has 0 N–H and O–H groups in total. The van der Waals surface area contributed by atoms with E-state index in [-0.39, 0.29) is 17.6 Å². The van der Waals surface area contributed by atoms with Gasteiger partial charge in [-0.1, -0.05) is 25.0 Å². The van der Waals surface area contributed by atoms with Crippen molar-refractivity contribution in [3.8, 4) is 0 Å². The Hall–Kier alpha value is -2.21. The summed E-state index contributed by atoms with van der Waals surface area (Å²) in [5.41, 5.74) is 0.866. The van der Waals surface area contributed by atoms with Gasteiger partial charge in [0.25, 0.3) is 0 Å². The molecule has 1 aromatic heterocycles. The first-order valence-corrected chi connectivity index (χ1v) is 10.9. The molecule has 6 heteroatoms. The van der Waals surface area contributed by atoms with E-state index in [1.165, 1.54) is 37.8 Å². The van der Waals surface area contributed by atoms with Gasteiger partial charge in [0.1, 0.15) is 11.6 Å². The van der Waals surface area contributed by atoms with E-state index in [4.69, 9.17) is 4.42 Å². The van der Waals surface area contributed by atoms with Crippen molar-refractivity contribution in [1.29, 1.82) is 0 Å². The standard InChI is InChI=1S/C23H30FN3O2/c24-20-9-5-7-18(13-20)14-21-15-25-23(29-21)19-8-6-12-27(16-19)22(28)17-26-10-3-1-2-4-11-26/h5,7,9,13,15,19H,1-4,6,8,10-12,14,16-17H2/t19-/m1/s1. The lowest BCUT2D eigenvalue weighted by atomic mass is 9.98. The Balaban J connectivity index is 1.34. The van der Waals surface area contributed by atoms with Gasteiger partial charge in [0.2, 0.25) is 5.91 Å². The molecule has 29 heavy (non-hydrogen) atoms. The summed E-state index contributed by atoms with van der Waals surface area (Å²) in [6.45, 7) is 4.09. The number of piperidine rings is 1. The average molecular weight is 400 g/mol. The number of carbonyl (C=O) groups excluding carboxylic acids is 1. The predicted octanol–water partition coefficient (Wildman–Crippen LogP) is 3.99. The molecule has 2 aliphatic heterocycles. The molecule has 156 valence electrons. The number of benzene rings is 1. The lowest BCUT2D eigenvalue weighted by Crippen LogP contribution is -2.44. The first-order chi connectivity index (χ1) is 14.2. The van der Waals surface area contributed by atoms with Gasteiger partial charge >= 0.3 is 0 Å². The summed E-state index contributed by atoms with van der Waals surface area (Å²) in [6, 6.07) is 6.55. The van der Waals surface area contributed by atoms with Gasteiger partial charge in [-0.3, -0.25) is 9.69 Å². The third-order valence-corrected chi connectivity index (χ3v) is 6.02. The average Bonchev–Trinajstić information content (AvgIpc) is 3.03. The van der Waals surface area contributed by atoms with Crippen LogP contribution >= 0.6 is 0 Å². The van der Waals surface area contributed by atoms with Gasteiger partial charge in [-0.15, -0.1) is 0 Å². The van der Waals surface area contributed by atoms with Crippen LogP contribution in [0.2, 0.25) is 0 Å². The Morgan fingerprint density at radius 1 is 1.14 bits per heavy atom. The Kier molecular flexibility index (Phi) is 6.60. The minimum Gasteiger partial charge on any atom is -0.445 e. The molecule has 1 amide bonds. The van der Waals surface area contributed by atoms with E-state index in [2.05, 4.69) is 9.88 Å². The molecule has 4 rings (SSSR count). The summed E-state index contributed by atoms with van der Waals surface area (Å²) in [5, 5.41) is 0. The lowest BCUT2D eigenvalue weighted by molar-refractivity contribution is -0.133. The predicted molar refractivity (Wildman–Crippen MR) is 109 cm³/mol. The van der Waals surface area contributed by atoms with Crippen molar-refractivity contribution in [2.24, 2.45) is 0 Å². The summed E-state index contributed by atoms with van der Waals surface area (Å²) in [6.07, 6.45) is 9.15. The Bertz CT molecular complexity index is 814. The number of hydrogen-bond acceptors (Lipinski definition) is 4. The summed E-state index contributed by atoms with van der Waals surface area (Å²) >= 11 is 0. The van der Waals surface area contributed by atoms with Gasteiger partial charge < -0.3 is 9.32 Å². The largest absolute Gasteiger partial charge is 0.445 e. The molecule has 2 aromatic rings. The maximum atomic E-state index is 13.4. The van der Waals surface area contributed by atoms with Gasteiger partial charge in [-0.25, -0.2) is 9.37 Å². The van der Waals surface area contributed by atoms with E-state index in [9.17, 15) is 9.18 Å². The number of halogens is 1. The smallest absolute Gasteiger partial charge is 0.236 e. The zero-order chi connectivity index (χ0) is 20.1. The van der Waals surface area contributed by atoms with Crippen LogP contribution in [0.1, 0.15) is 61.7 Å². The van der Waals surface area contributed by atoms with Crippen molar-refractivity contribution < 1.29 is 13.6 Å². The number of amides is 1. The van der Waals surface area contributed by atoms with Gasteiger partial charge in [0.15, 0.2) is 5.89 Å². The van der Waals surface area contributed by atoms with Gasteiger partial charge in [-0.2, -0.15) is 0 Å². The molecule has 2 fully saturated rings. The first-order valence-electron chi connectivity index (χ1n) is 10.9. The maximum absolute atomic E-state index is 13.4. The monoisotopic (exact) mass is 399 g/mol. The quantitative estimate of drug-likeness (QED) is 0.763. The third kappa shape index (κ3) is 5.44. The van der Waals surface area contributed by atoms with Crippen LogP contribution in [0, 0.1) is 5.82 Å². The van der Waals surface area contributed by atoms with E-state index in [1.54, 1.807) is 12.3 Å². The molecule has 0 unspecified atom stereocenters. The minimum atomic E-state index is -0.243. The molecule has 1 atom stereocenters. The number of hydrogen-bond donors (Lipinski definition) is 0. The van der Waals surface area contributed by atoms with Crippen LogP contribution in [0.3, 0.4) is 0 Å². The number of rotatable bonds is 5. The van der Waals surface area contributed by atoms with E-state index in [0.717, 1.165) is 43.8 Å². The summed E-state index contributed by atoms with van der Waals surface area (Å²) < 4.78 is 19.4. The number of likely N-dealkylation sites (tertiary alicyclic amines) is 2. The van der Waals surface area contributed by atoms with E-state index in [0.29, 0.717) is 25.4 Å². The van der Waals surface area contributed by atoms with Crippen LogP contribution in [0.25, 0.3) is 0 Å². The van der Waals surface area contributed by atoms with E-state index in [1.807, 2.05) is 11.0 Å². The second-order valence-corrected chi connectivity index (χ2v) is 8.34. The zero-order valence-corrected chi connectivity index (χ0v) is 17.0. The van der Waals surface area contributed by atoms with Gasteiger partial charge in [0, 0.05) is 19.5 Å². The fraction of sp³-hybridized carbons (Fsp3) is 0.565. The van der Waals surface area contributed by atoms with Crippen LogP contribution in [-0.2, 0) is 11.2 Å². The molecule has 2 saturated heterocycles. The zero-order valence-electron chi connectivity index (χ0n) is 17.0. The summed E-state index contributed by atoms with van der Waals surface area (Å²) in [5.74, 6) is 1.55. The molecule has 0 aliphatic carbocycles. The summed E-state index contributed by atoms with van der Waals surface area (Å²) in [7, 11) is 0. The minimum absolute atomic E-state index is 0.137. The molecule has 0 spiro atoms. The second kappa shape index (κ2) is 9.53. The Morgan fingerprint density at radius 3 is 2.76 bits per heavy atom. The van der Waals surface area contributed by atoms with Crippen LogP contribution in [-0.4, -0.2) is 53.4 Å². The van der Waals surface area contributed by atoms with Crippen LogP contribution in [0.15, 0.2) is 34.9 Å². The molecule has 3 heterocycles. The highest BCUT2D eigenvalue weighted by Crippen LogP contribution is 2.27. The molecule has 0 bridgehead atoms. The normalized spacial score (nSPS) is 21.1. The van der Waals surface area contributed by atoms with Crippen LogP contribution in [0.5, 0.6) is 0 Å². The lowest BCUT2D eigenvalue weighted by Gasteiger charge is -2.33. The van der Waals surface area contributed by atoms with Crippen LogP contribution < -0.4 is 0 Å².